The number of ether oxygens (including phenoxy) is 1. The van der Waals surface area contributed by atoms with Crippen molar-refractivity contribution in [3.8, 4) is 5.75 Å². The molecule has 0 aliphatic carbocycles. The van der Waals surface area contributed by atoms with Crippen LogP contribution in [-0.2, 0) is 16.1 Å². The lowest BCUT2D eigenvalue weighted by Crippen LogP contribution is -2.50. The molecule has 7 heteroatoms. The summed E-state index contributed by atoms with van der Waals surface area (Å²) in [4.78, 5) is 27.6. The molecule has 1 N–H and O–H groups in total. The van der Waals surface area contributed by atoms with Crippen LogP contribution >= 0.6 is 23.2 Å². The molecule has 0 saturated heterocycles. The van der Waals surface area contributed by atoms with Gasteiger partial charge in [0.25, 0.3) is 5.91 Å². The van der Waals surface area contributed by atoms with E-state index in [2.05, 4.69) is 5.32 Å². The van der Waals surface area contributed by atoms with Gasteiger partial charge in [-0.3, -0.25) is 9.59 Å². The fourth-order valence-corrected chi connectivity index (χ4v) is 3.40. The number of benzene rings is 2. The minimum atomic E-state index is -0.627. The Labute approximate surface area is 194 Å². The first kappa shape index (κ1) is 25.0. The van der Waals surface area contributed by atoms with E-state index in [0.717, 1.165) is 11.1 Å². The topological polar surface area (TPSA) is 58.6 Å². The van der Waals surface area contributed by atoms with E-state index in [0.29, 0.717) is 34.7 Å². The molecule has 5 nitrogen and oxygen atoms in total. The molecular weight excluding hydrogens is 435 g/mol. The zero-order valence-corrected chi connectivity index (χ0v) is 20.0. The van der Waals surface area contributed by atoms with E-state index in [1.165, 1.54) is 0 Å². The summed E-state index contributed by atoms with van der Waals surface area (Å²) in [6, 6.07) is 11.9. The van der Waals surface area contributed by atoms with E-state index in [9.17, 15) is 9.59 Å². The lowest BCUT2D eigenvalue weighted by Gasteiger charge is -2.31. The van der Waals surface area contributed by atoms with Crippen molar-refractivity contribution in [3.63, 3.8) is 0 Å². The number of carbonyl (C=O) groups excluding carboxylic acids is 2. The van der Waals surface area contributed by atoms with Gasteiger partial charge in [0.15, 0.2) is 6.61 Å². The molecule has 2 aromatic rings. The van der Waals surface area contributed by atoms with E-state index < -0.39 is 6.04 Å². The lowest BCUT2D eigenvalue weighted by atomic mass is 10.1. The molecular formula is C24H30Cl2N2O3. The second-order valence-electron chi connectivity index (χ2n) is 7.88. The van der Waals surface area contributed by atoms with Gasteiger partial charge >= 0.3 is 0 Å². The standard InChI is InChI=1S/C24H30Cl2N2O3/c1-5-22(24(30)27-13-16(2)3)28(14-18-8-6-7-9-21(18)26)23(29)15-31-19-10-11-20(25)17(4)12-19/h6-12,16,22H,5,13-15H2,1-4H3,(H,27,30). The summed E-state index contributed by atoms with van der Waals surface area (Å²) in [5, 5.41) is 4.11. The molecule has 2 aromatic carbocycles. The number of nitrogens with zero attached hydrogens (tertiary/aromatic N) is 1. The predicted molar refractivity (Wildman–Crippen MR) is 126 cm³/mol. The van der Waals surface area contributed by atoms with Crippen LogP contribution in [-0.4, -0.2) is 35.9 Å². The van der Waals surface area contributed by atoms with Crippen LogP contribution in [0.3, 0.4) is 0 Å². The average Bonchev–Trinajstić information content (AvgIpc) is 2.74. The first-order valence-corrected chi connectivity index (χ1v) is 11.2. The van der Waals surface area contributed by atoms with Gasteiger partial charge in [0.1, 0.15) is 11.8 Å². The minimum Gasteiger partial charge on any atom is -0.484 e. The molecule has 0 aliphatic rings. The highest BCUT2D eigenvalue weighted by Crippen LogP contribution is 2.22. The third-order valence-corrected chi connectivity index (χ3v) is 5.65. The summed E-state index contributed by atoms with van der Waals surface area (Å²) in [6.45, 7) is 8.37. The Bertz CT molecular complexity index is 902. The zero-order valence-electron chi connectivity index (χ0n) is 18.5. The first-order chi connectivity index (χ1) is 14.7. The zero-order chi connectivity index (χ0) is 23.0. The number of hydrogen-bond acceptors (Lipinski definition) is 3. The van der Waals surface area contributed by atoms with Gasteiger partial charge in [-0.25, -0.2) is 0 Å². The van der Waals surface area contributed by atoms with Crippen LogP contribution < -0.4 is 10.1 Å². The van der Waals surface area contributed by atoms with Crippen molar-refractivity contribution in [2.75, 3.05) is 13.2 Å². The Morgan fingerprint density at radius 1 is 1.10 bits per heavy atom. The molecule has 1 unspecified atom stereocenters. The number of aryl methyl sites for hydroxylation is 1. The van der Waals surface area contributed by atoms with E-state index >= 15 is 0 Å². The number of halogens is 2. The molecule has 2 rings (SSSR count). The van der Waals surface area contributed by atoms with Gasteiger partial charge in [-0.05, 0) is 54.7 Å². The normalized spacial score (nSPS) is 11.8. The van der Waals surface area contributed by atoms with Gasteiger partial charge in [0.2, 0.25) is 5.91 Å². The van der Waals surface area contributed by atoms with Crippen molar-refractivity contribution < 1.29 is 14.3 Å². The second kappa shape index (κ2) is 12.0. The smallest absolute Gasteiger partial charge is 0.261 e. The number of hydrogen-bond donors (Lipinski definition) is 1. The van der Waals surface area contributed by atoms with Gasteiger partial charge in [0, 0.05) is 23.1 Å². The summed E-state index contributed by atoms with van der Waals surface area (Å²) in [5.74, 6) is 0.383. The third kappa shape index (κ3) is 7.44. The Balaban J connectivity index is 2.22. The molecule has 168 valence electrons. The van der Waals surface area contributed by atoms with Crippen molar-refractivity contribution in [1.82, 2.24) is 10.2 Å². The van der Waals surface area contributed by atoms with Crippen LogP contribution in [0.4, 0.5) is 0 Å². The summed E-state index contributed by atoms with van der Waals surface area (Å²) >= 11 is 12.4. The van der Waals surface area contributed by atoms with Crippen LogP contribution in [0, 0.1) is 12.8 Å². The highest BCUT2D eigenvalue weighted by molar-refractivity contribution is 6.31. The van der Waals surface area contributed by atoms with Crippen LogP contribution in [0.15, 0.2) is 42.5 Å². The third-order valence-electron chi connectivity index (χ3n) is 4.86. The highest BCUT2D eigenvalue weighted by Gasteiger charge is 2.29. The van der Waals surface area contributed by atoms with Gasteiger partial charge in [-0.1, -0.05) is 62.2 Å². The van der Waals surface area contributed by atoms with Crippen LogP contribution in [0.5, 0.6) is 5.75 Å². The molecule has 1 atom stereocenters. The number of amides is 2. The molecule has 2 amide bonds. The van der Waals surface area contributed by atoms with Crippen molar-refractivity contribution in [3.05, 3.63) is 63.6 Å². The number of rotatable bonds is 10. The van der Waals surface area contributed by atoms with Gasteiger partial charge in [0.05, 0.1) is 0 Å². The van der Waals surface area contributed by atoms with Gasteiger partial charge in [-0.2, -0.15) is 0 Å². The molecule has 0 bridgehead atoms. The largest absolute Gasteiger partial charge is 0.484 e. The van der Waals surface area contributed by atoms with E-state index in [-0.39, 0.29) is 25.0 Å². The lowest BCUT2D eigenvalue weighted by molar-refractivity contribution is -0.143. The Kier molecular flexibility index (Phi) is 9.66. The summed E-state index contributed by atoms with van der Waals surface area (Å²) in [7, 11) is 0. The molecule has 0 aliphatic heterocycles. The predicted octanol–water partition coefficient (Wildman–Crippen LogP) is 5.26. The van der Waals surface area contributed by atoms with Crippen molar-refractivity contribution in [2.24, 2.45) is 5.92 Å². The fraction of sp³-hybridized carbons (Fsp3) is 0.417. The molecule has 0 spiro atoms. The molecule has 0 radical (unpaired) electrons. The summed E-state index contributed by atoms with van der Waals surface area (Å²) in [6.07, 6.45) is 0.472. The van der Waals surface area contributed by atoms with Gasteiger partial charge in [-0.15, -0.1) is 0 Å². The Hall–Kier alpha value is -2.24. The quantitative estimate of drug-likeness (QED) is 0.521. The monoisotopic (exact) mass is 464 g/mol. The number of carbonyl (C=O) groups is 2. The number of nitrogens with one attached hydrogen (secondary N) is 1. The average molecular weight is 465 g/mol. The minimum absolute atomic E-state index is 0.182. The van der Waals surface area contributed by atoms with Crippen LogP contribution in [0.25, 0.3) is 0 Å². The highest BCUT2D eigenvalue weighted by atomic mass is 35.5. The molecule has 31 heavy (non-hydrogen) atoms. The molecule has 0 saturated carbocycles. The van der Waals surface area contributed by atoms with Crippen molar-refractivity contribution in [1.29, 1.82) is 0 Å². The Morgan fingerprint density at radius 3 is 2.42 bits per heavy atom. The Morgan fingerprint density at radius 2 is 1.81 bits per heavy atom. The molecule has 0 fully saturated rings. The SMILES string of the molecule is CCC(C(=O)NCC(C)C)N(Cc1ccccc1Cl)C(=O)COc1ccc(Cl)c(C)c1. The maximum absolute atomic E-state index is 13.2. The maximum atomic E-state index is 13.2. The van der Waals surface area contributed by atoms with Gasteiger partial charge < -0.3 is 15.0 Å². The second-order valence-corrected chi connectivity index (χ2v) is 8.69. The summed E-state index contributed by atoms with van der Waals surface area (Å²) in [5.41, 5.74) is 1.63. The maximum Gasteiger partial charge on any atom is 0.261 e. The molecule has 0 aromatic heterocycles. The van der Waals surface area contributed by atoms with E-state index in [1.807, 2.05) is 45.9 Å². The van der Waals surface area contributed by atoms with Crippen molar-refractivity contribution >= 4 is 35.0 Å². The fourth-order valence-electron chi connectivity index (χ4n) is 3.09. The molecule has 0 heterocycles. The van der Waals surface area contributed by atoms with Crippen LogP contribution in [0.2, 0.25) is 10.0 Å². The van der Waals surface area contributed by atoms with Crippen molar-refractivity contribution in [2.45, 2.75) is 46.7 Å². The van der Waals surface area contributed by atoms with E-state index in [1.54, 1.807) is 29.2 Å². The van der Waals surface area contributed by atoms with E-state index in [4.69, 9.17) is 27.9 Å². The first-order valence-electron chi connectivity index (χ1n) is 10.4. The summed E-state index contributed by atoms with van der Waals surface area (Å²) < 4.78 is 5.71. The van der Waals surface area contributed by atoms with Crippen LogP contribution in [0.1, 0.15) is 38.3 Å².